The third kappa shape index (κ3) is 3.03. The molecule has 1 aromatic rings. The Morgan fingerprint density at radius 1 is 1.06 bits per heavy atom. The molecule has 1 aromatic carbocycles. The van der Waals surface area contributed by atoms with Crippen LogP contribution < -0.4 is 0 Å². The molecule has 6 atom stereocenters. The SMILES string of the molecule is BC12CCC3(C)C(=C)CC(C(/C=C\C)=C/C)CC3(C)C1(C)C(=C)C(c1ccccc1)=CC2C. The summed E-state index contributed by atoms with van der Waals surface area (Å²) in [4.78, 5) is 0. The van der Waals surface area contributed by atoms with E-state index in [1.165, 1.54) is 47.1 Å². The van der Waals surface area contributed by atoms with Gasteiger partial charge in [-0.15, -0.1) is 0 Å². The Morgan fingerprint density at radius 3 is 2.33 bits per heavy atom. The van der Waals surface area contributed by atoms with Crippen LogP contribution in [0.2, 0.25) is 5.31 Å². The zero-order chi connectivity index (χ0) is 24.2. The summed E-state index contributed by atoms with van der Waals surface area (Å²) in [6.45, 7) is 24.1. The second-order valence-corrected chi connectivity index (χ2v) is 11.9. The van der Waals surface area contributed by atoms with E-state index in [4.69, 9.17) is 13.2 Å². The fourth-order valence-electron chi connectivity index (χ4n) is 8.25. The Labute approximate surface area is 204 Å². The van der Waals surface area contributed by atoms with Crippen LogP contribution in [0.4, 0.5) is 0 Å². The Morgan fingerprint density at radius 2 is 1.73 bits per heavy atom. The molecule has 3 aliphatic carbocycles. The van der Waals surface area contributed by atoms with Crippen LogP contribution in [0.25, 0.3) is 5.57 Å². The number of benzene rings is 1. The van der Waals surface area contributed by atoms with Crippen molar-refractivity contribution in [1.29, 1.82) is 0 Å². The maximum atomic E-state index is 4.90. The molecule has 0 bridgehead atoms. The first-order valence-corrected chi connectivity index (χ1v) is 12.9. The van der Waals surface area contributed by atoms with Gasteiger partial charge in [-0.2, -0.15) is 0 Å². The standard InChI is InChI=1S/C32H43B/c1-9-14-25(10-2)27-19-22(3)29(6)17-18-32(33)23(4)20-28(26-15-12-11-13-16-26)24(5)31(32,8)30(29,7)21-27/h9-16,20,23,27H,3,5,17-19,21,33H2,1-2,4,6-8H3/b14-9-,25-10+. The monoisotopic (exact) mass is 438 g/mol. The normalized spacial score (nSPS) is 41.5. The van der Waals surface area contributed by atoms with Gasteiger partial charge >= 0.3 is 0 Å². The molecule has 0 nitrogen and oxygen atoms in total. The van der Waals surface area contributed by atoms with Crippen LogP contribution in [0.3, 0.4) is 0 Å². The van der Waals surface area contributed by atoms with E-state index in [1.807, 2.05) is 0 Å². The molecule has 33 heavy (non-hydrogen) atoms. The molecule has 0 saturated heterocycles. The molecule has 0 radical (unpaired) electrons. The van der Waals surface area contributed by atoms with Gasteiger partial charge in [0.05, 0.1) is 0 Å². The van der Waals surface area contributed by atoms with E-state index in [-0.39, 0.29) is 21.6 Å². The molecular formula is C32H43B. The first-order chi connectivity index (χ1) is 15.5. The summed E-state index contributed by atoms with van der Waals surface area (Å²) in [7, 11) is 2.56. The quantitative estimate of drug-likeness (QED) is 0.253. The van der Waals surface area contributed by atoms with Crippen molar-refractivity contribution in [3.05, 3.63) is 90.1 Å². The molecule has 0 aliphatic heterocycles. The average molecular weight is 439 g/mol. The van der Waals surface area contributed by atoms with E-state index >= 15 is 0 Å². The number of fused-ring (bicyclic) bond motifs is 3. The predicted molar refractivity (Wildman–Crippen MR) is 148 cm³/mol. The first-order valence-electron chi connectivity index (χ1n) is 12.9. The van der Waals surface area contributed by atoms with Gasteiger partial charge in [0.2, 0.25) is 0 Å². The Hall–Kier alpha value is -2.02. The van der Waals surface area contributed by atoms with Gasteiger partial charge in [0, 0.05) is 0 Å². The number of hydrogen-bond donors (Lipinski definition) is 0. The Bertz CT molecular complexity index is 1060. The fraction of sp³-hybridized carbons (Fsp3) is 0.500. The van der Waals surface area contributed by atoms with Crippen molar-refractivity contribution in [3.8, 4) is 0 Å². The molecule has 174 valence electrons. The van der Waals surface area contributed by atoms with Crippen LogP contribution in [-0.4, -0.2) is 7.85 Å². The molecule has 1 heteroatoms. The highest BCUT2D eigenvalue weighted by Gasteiger charge is 2.70. The third-order valence-corrected chi connectivity index (χ3v) is 11.1. The van der Waals surface area contributed by atoms with Gasteiger partial charge in [-0.05, 0) is 88.8 Å². The molecule has 0 spiro atoms. The van der Waals surface area contributed by atoms with Crippen LogP contribution in [-0.2, 0) is 0 Å². The lowest BCUT2D eigenvalue weighted by molar-refractivity contribution is -0.122. The molecule has 4 rings (SSSR count). The maximum Gasteiger partial charge on any atom is 0.111 e. The largest absolute Gasteiger partial charge is 0.111 e. The van der Waals surface area contributed by atoms with Gasteiger partial charge in [-0.25, -0.2) is 0 Å². The minimum Gasteiger partial charge on any atom is -0.0993 e. The smallest absolute Gasteiger partial charge is 0.0993 e. The van der Waals surface area contributed by atoms with E-state index in [0.717, 1.165) is 6.42 Å². The Kier molecular flexibility index (Phi) is 5.87. The average Bonchev–Trinajstić information content (AvgIpc) is 2.80. The topological polar surface area (TPSA) is 0 Å². The van der Waals surface area contributed by atoms with E-state index in [1.54, 1.807) is 0 Å². The van der Waals surface area contributed by atoms with Gasteiger partial charge in [0.25, 0.3) is 0 Å². The Balaban J connectivity index is 1.92. The van der Waals surface area contributed by atoms with Crippen molar-refractivity contribution >= 4 is 13.4 Å². The minimum absolute atomic E-state index is 0.0251. The highest BCUT2D eigenvalue weighted by atomic mass is 14.7. The van der Waals surface area contributed by atoms with Crippen molar-refractivity contribution in [2.24, 2.45) is 28.1 Å². The lowest BCUT2D eigenvalue weighted by Crippen LogP contribution is -2.64. The van der Waals surface area contributed by atoms with Gasteiger partial charge in [-0.3, -0.25) is 0 Å². The van der Waals surface area contributed by atoms with Crippen molar-refractivity contribution in [2.45, 2.75) is 72.5 Å². The summed E-state index contributed by atoms with van der Waals surface area (Å²) < 4.78 is 0. The molecule has 3 aliphatic rings. The molecule has 6 unspecified atom stereocenters. The second kappa shape index (κ2) is 8.04. The predicted octanol–water partition coefficient (Wildman–Crippen LogP) is 8.37. The minimum atomic E-state index is -0.0251. The van der Waals surface area contributed by atoms with Crippen molar-refractivity contribution in [1.82, 2.24) is 0 Å². The summed E-state index contributed by atoms with van der Waals surface area (Å²) in [5, 5.41) is 0.176. The zero-order valence-corrected chi connectivity index (χ0v) is 22.1. The maximum absolute atomic E-state index is 4.90. The first kappa shape index (κ1) is 24.1. The summed E-state index contributed by atoms with van der Waals surface area (Å²) in [6.07, 6.45) is 14.1. The lowest BCUT2D eigenvalue weighted by atomic mass is 9.26. The van der Waals surface area contributed by atoms with Crippen LogP contribution in [0.15, 0.2) is 84.5 Å². The van der Waals surface area contributed by atoms with E-state index in [2.05, 4.69) is 104 Å². The number of allylic oxidation sites excluding steroid dienone is 8. The summed E-state index contributed by atoms with van der Waals surface area (Å²) in [5.41, 5.74) is 7.09. The molecule has 0 amide bonds. The van der Waals surface area contributed by atoms with Gasteiger partial charge in [-0.1, -0.05) is 107 Å². The van der Waals surface area contributed by atoms with Crippen molar-refractivity contribution < 1.29 is 0 Å². The van der Waals surface area contributed by atoms with Gasteiger partial charge in [0.1, 0.15) is 7.85 Å². The molecule has 2 fully saturated rings. The summed E-state index contributed by atoms with van der Waals surface area (Å²) in [6, 6.07) is 10.9. The van der Waals surface area contributed by atoms with Crippen molar-refractivity contribution in [2.75, 3.05) is 0 Å². The fourth-order valence-corrected chi connectivity index (χ4v) is 8.25. The lowest BCUT2D eigenvalue weighted by Gasteiger charge is -2.73. The number of hydrogen-bond acceptors (Lipinski definition) is 0. The molecule has 2 saturated carbocycles. The highest BCUT2D eigenvalue weighted by molar-refractivity contribution is 6.17. The second-order valence-electron chi connectivity index (χ2n) is 11.9. The molecule has 0 aromatic heterocycles. The van der Waals surface area contributed by atoms with Crippen LogP contribution in [0, 0.1) is 28.1 Å². The molecular weight excluding hydrogens is 395 g/mol. The zero-order valence-electron chi connectivity index (χ0n) is 22.1. The van der Waals surface area contributed by atoms with Gasteiger partial charge in [0.15, 0.2) is 0 Å². The van der Waals surface area contributed by atoms with Crippen molar-refractivity contribution in [3.63, 3.8) is 0 Å². The number of rotatable bonds is 3. The van der Waals surface area contributed by atoms with Crippen LogP contribution in [0.5, 0.6) is 0 Å². The van der Waals surface area contributed by atoms with E-state index < -0.39 is 0 Å². The molecule has 0 heterocycles. The summed E-state index contributed by atoms with van der Waals surface area (Å²) in [5.74, 6) is 1.01. The van der Waals surface area contributed by atoms with Gasteiger partial charge < -0.3 is 0 Å². The van der Waals surface area contributed by atoms with Crippen LogP contribution in [0.1, 0.15) is 72.8 Å². The van der Waals surface area contributed by atoms with E-state index in [0.29, 0.717) is 11.8 Å². The van der Waals surface area contributed by atoms with E-state index in [9.17, 15) is 0 Å². The summed E-state index contributed by atoms with van der Waals surface area (Å²) >= 11 is 0. The van der Waals surface area contributed by atoms with Crippen LogP contribution >= 0.6 is 0 Å². The third-order valence-electron chi connectivity index (χ3n) is 11.1. The highest BCUT2D eigenvalue weighted by Crippen LogP contribution is 2.80. The molecule has 0 N–H and O–H groups in total.